The van der Waals surface area contributed by atoms with Crippen LogP contribution in [-0.2, 0) is 0 Å². The third-order valence-corrected chi connectivity index (χ3v) is 2.99. The maximum Gasteiger partial charge on any atom is 0.253 e. The highest BCUT2D eigenvalue weighted by Gasteiger charge is 2.14. The van der Waals surface area contributed by atoms with Gasteiger partial charge in [-0.3, -0.25) is 4.79 Å². The van der Waals surface area contributed by atoms with Crippen LogP contribution in [0.2, 0.25) is 5.02 Å². The fourth-order valence-corrected chi connectivity index (χ4v) is 1.57. The molecule has 0 aromatic heterocycles. The SMILES string of the molecule is CC[C@@H](CO)NC(=O)c1cccc(C)c1Cl. The van der Waals surface area contributed by atoms with E-state index in [0.717, 1.165) is 5.56 Å². The molecule has 0 unspecified atom stereocenters. The van der Waals surface area contributed by atoms with Crippen molar-refractivity contribution in [2.24, 2.45) is 0 Å². The fourth-order valence-electron chi connectivity index (χ4n) is 1.36. The average Bonchev–Trinajstić information content (AvgIpc) is 2.29. The summed E-state index contributed by atoms with van der Waals surface area (Å²) < 4.78 is 0. The predicted molar refractivity (Wildman–Crippen MR) is 64.8 cm³/mol. The van der Waals surface area contributed by atoms with Gasteiger partial charge in [-0.2, -0.15) is 0 Å². The Morgan fingerprint density at radius 2 is 2.25 bits per heavy atom. The van der Waals surface area contributed by atoms with Crippen molar-refractivity contribution >= 4 is 17.5 Å². The first-order valence-electron chi connectivity index (χ1n) is 5.27. The number of rotatable bonds is 4. The number of carbonyl (C=O) groups excluding carboxylic acids is 1. The molecule has 1 rings (SSSR count). The molecule has 88 valence electrons. The van der Waals surface area contributed by atoms with Gasteiger partial charge in [-0.25, -0.2) is 0 Å². The smallest absolute Gasteiger partial charge is 0.253 e. The molecule has 0 aliphatic heterocycles. The Labute approximate surface area is 100 Å². The van der Waals surface area contributed by atoms with E-state index < -0.39 is 0 Å². The molecule has 2 N–H and O–H groups in total. The Morgan fingerprint density at radius 1 is 1.56 bits per heavy atom. The molecule has 3 nitrogen and oxygen atoms in total. The van der Waals surface area contributed by atoms with Gasteiger partial charge in [0.1, 0.15) is 0 Å². The van der Waals surface area contributed by atoms with Crippen molar-refractivity contribution in [2.45, 2.75) is 26.3 Å². The van der Waals surface area contributed by atoms with E-state index >= 15 is 0 Å². The van der Waals surface area contributed by atoms with Crippen LogP contribution in [0, 0.1) is 6.92 Å². The molecular weight excluding hydrogens is 226 g/mol. The highest BCUT2D eigenvalue weighted by Crippen LogP contribution is 2.20. The predicted octanol–water partition coefficient (Wildman–Crippen LogP) is 2.15. The van der Waals surface area contributed by atoms with E-state index in [4.69, 9.17) is 16.7 Å². The fraction of sp³-hybridized carbons (Fsp3) is 0.417. The van der Waals surface area contributed by atoms with Gasteiger partial charge in [-0.15, -0.1) is 0 Å². The maximum absolute atomic E-state index is 11.8. The molecule has 0 spiro atoms. The van der Waals surface area contributed by atoms with Crippen LogP contribution in [0.3, 0.4) is 0 Å². The summed E-state index contributed by atoms with van der Waals surface area (Å²) in [4.78, 5) is 11.8. The molecular formula is C12H16ClNO2. The van der Waals surface area contributed by atoms with E-state index in [0.29, 0.717) is 17.0 Å². The summed E-state index contributed by atoms with van der Waals surface area (Å²) in [7, 11) is 0. The van der Waals surface area contributed by atoms with E-state index in [9.17, 15) is 4.79 Å². The molecule has 1 aromatic carbocycles. The molecule has 0 bridgehead atoms. The van der Waals surface area contributed by atoms with E-state index in [1.54, 1.807) is 12.1 Å². The summed E-state index contributed by atoms with van der Waals surface area (Å²) in [6.45, 7) is 3.69. The molecule has 0 saturated heterocycles. The summed E-state index contributed by atoms with van der Waals surface area (Å²) in [5.41, 5.74) is 1.32. The molecule has 1 aromatic rings. The van der Waals surface area contributed by atoms with Crippen LogP contribution in [0.25, 0.3) is 0 Å². The topological polar surface area (TPSA) is 49.3 Å². The van der Waals surface area contributed by atoms with Gasteiger partial charge in [0, 0.05) is 0 Å². The lowest BCUT2D eigenvalue weighted by Gasteiger charge is -2.15. The van der Waals surface area contributed by atoms with E-state index in [1.807, 2.05) is 19.9 Å². The Bertz CT molecular complexity index is 375. The Kier molecular flexibility index (Phi) is 4.77. The summed E-state index contributed by atoms with van der Waals surface area (Å²) >= 11 is 6.03. The Hall–Kier alpha value is -1.06. The molecule has 0 radical (unpaired) electrons. The minimum absolute atomic E-state index is 0.0638. The van der Waals surface area contributed by atoms with Crippen molar-refractivity contribution in [3.63, 3.8) is 0 Å². The number of hydrogen-bond acceptors (Lipinski definition) is 2. The van der Waals surface area contributed by atoms with Gasteiger partial charge in [0.2, 0.25) is 0 Å². The molecule has 1 atom stereocenters. The second-order valence-electron chi connectivity index (χ2n) is 3.70. The number of nitrogens with one attached hydrogen (secondary N) is 1. The normalized spacial score (nSPS) is 12.2. The average molecular weight is 242 g/mol. The van der Waals surface area contributed by atoms with Gasteiger partial charge >= 0.3 is 0 Å². The number of aryl methyl sites for hydroxylation is 1. The first kappa shape index (κ1) is 13.0. The van der Waals surface area contributed by atoms with E-state index in [2.05, 4.69) is 5.32 Å². The molecule has 16 heavy (non-hydrogen) atoms. The zero-order valence-electron chi connectivity index (χ0n) is 9.46. The van der Waals surface area contributed by atoms with Gasteiger partial charge in [0.05, 0.1) is 23.2 Å². The van der Waals surface area contributed by atoms with Crippen molar-refractivity contribution in [3.05, 3.63) is 34.3 Å². The molecule has 4 heteroatoms. The quantitative estimate of drug-likeness (QED) is 0.849. The standard InChI is InChI=1S/C12H16ClNO2/c1-3-9(7-15)14-12(16)10-6-4-5-8(2)11(10)13/h4-6,9,15H,3,7H2,1-2H3,(H,14,16)/t9-/m0/s1. The van der Waals surface area contributed by atoms with Crippen LogP contribution in [0.5, 0.6) is 0 Å². The van der Waals surface area contributed by atoms with Crippen molar-refractivity contribution in [2.75, 3.05) is 6.61 Å². The zero-order chi connectivity index (χ0) is 12.1. The van der Waals surface area contributed by atoms with Gasteiger partial charge in [0.15, 0.2) is 0 Å². The number of carbonyl (C=O) groups is 1. The van der Waals surface area contributed by atoms with Crippen LogP contribution in [-0.4, -0.2) is 23.7 Å². The number of aliphatic hydroxyl groups is 1. The Balaban J connectivity index is 2.84. The molecule has 0 fully saturated rings. The van der Waals surface area contributed by atoms with Crippen LogP contribution in [0.15, 0.2) is 18.2 Å². The minimum atomic E-state index is -0.241. The van der Waals surface area contributed by atoms with Gasteiger partial charge in [0.25, 0.3) is 5.91 Å². The zero-order valence-corrected chi connectivity index (χ0v) is 10.2. The Morgan fingerprint density at radius 3 is 2.81 bits per heavy atom. The second kappa shape index (κ2) is 5.87. The molecule has 0 aliphatic carbocycles. The largest absolute Gasteiger partial charge is 0.394 e. The van der Waals surface area contributed by atoms with Gasteiger partial charge < -0.3 is 10.4 Å². The summed E-state index contributed by atoms with van der Waals surface area (Å²) in [5.74, 6) is -0.241. The second-order valence-corrected chi connectivity index (χ2v) is 4.08. The number of aliphatic hydroxyl groups excluding tert-OH is 1. The highest BCUT2D eigenvalue weighted by atomic mass is 35.5. The molecule has 0 heterocycles. The molecule has 0 saturated carbocycles. The van der Waals surface area contributed by atoms with Crippen molar-refractivity contribution in [3.8, 4) is 0 Å². The lowest BCUT2D eigenvalue weighted by molar-refractivity contribution is 0.0915. The minimum Gasteiger partial charge on any atom is -0.394 e. The van der Waals surface area contributed by atoms with Crippen molar-refractivity contribution < 1.29 is 9.90 Å². The van der Waals surface area contributed by atoms with E-state index in [1.165, 1.54) is 0 Å². The monoisotopic (exact) mass is 241 g/mol. The highest BCUT2D eigenvalue weighted by molar-refractivity contribution is 6.34. The van der Waals surface area contributed by atoms with Crippen LogP contribution in [0.4, 0.5) is 0 Å². The maximum atomic E-state index is 11.8. The number of amides is 1. The number of halogens is 1. The summed E-state index contributed by atoms with van der Waals surface area (Å²) in [5, 5.41) is 12.2. The van der Waals surface area contributed by atoms with Gasteiger partial charge in [-0.05, 0) is 25.0 Å². The van der Waals surface area contributed by atoms with E-state index in [-0.39, 0.29) is 18.6 Å². The summed E-state index contributed by atoms with van der Waals surface area (Å²) in [6.07, 6.45) is 0.686. The van der Waals surface area contributed by atoms with Crippen LogP contribution < -0.4 is 5.32 Å². The number of hydrogen-bond donors (Lipinski definition) is 2. The lowest BCUT2D eigenvalue weighted by Crippen LogP contribution is -2.37. The third-order valence-electron chi connectivity index (χ3n) is 2.48. The molecule has 0 aliphatic rings. The summed E-state index contributed by atoms with van der Waals surface area (Å²) in [6, 6.07) is 5.09. The van der Waals surface area contributed by atoms with Crippen LogP contribution in [0.1, 0.15) is 29.3 Å². The first-order chi connectivity index (χ1) is 7.60. The van der Waals surface area contributed by atoms with Crippen LogP contribution >= 0.6 is 11.6 Å². The number of benzene rings is 1. The first-order valence-corrected chi connectivity index (χ1v) is 5.64. The lowest BCUT2D eigenvalue weighted by atomic mass is 10.1. The third kappa shape index (κ3) is 2.97. The van der Waals surface area contributed by atoms with Crippen molar-refractivity contribution in [1.29, 1.82) is 0 Å². The molecule has 1 amide bonds. The van der Waals surface area contributed by atoms with Gasteiger partial charge in [-0.1, -0.05) is 30.7 Å². The van der Waals surface area contributed by atoms with Crippen molar-refractivity contribution in [1.82, 2.24) is 5.32 Å².